The summed E-state index contributed by atoms with van der Waals surface area (Å²) in [6, 6.07) is 15.7. The molecular formula is C21H16ClN2NaO3. The summed E-state index contributed by atoms with van der Waals surface area (Å²) in [4.78, 5) is 27.5. The summed E-state index contributed by atoms with van der Waals surface area (Å²) in [5, 5.41) is 12.1. The summed E-state index contributed by atoms with van der Waals surface area (Å²) < 4.78 is 0. The Morgan fingerprint density at radius 2 is 1.82 bits per heavy atom. The molecule has 0 unspecified atom stereocenters. The number of amides is 1. The van der Waals surface area contributed by atoms with E-state index in [1.165, 1.54) is 24.3 Å². The van der Waals surface area contributed by atoms with Gasteiger partial charge in [-0.1, -0.05) is 35.9 Å². The van der Waals surface area contributed by atoms with Gasteiger partial charge < -0.3 is 10.4 Å². The van der Waals surface area contributed by atoms with Crippen LogP contribution in [0.4, 0.5) is 5.69 Å². The molecule has 0 aliphatic carbocycles. The van der Waals surface area contributed by atoms with Crippen LogP contribution in [-0.4, -0.2) is 51.5 Å². The van der Waals surface area contributed by atoms with Crippen LogP contribution in [0.15, 0.2) is 73.1 Å². The van der Waals surface area contributed by atoms with Crippen molar-refractivity contribution in [2.75, 3.05) is 5.32 Å². The summed E-state index contributed by atoms with van der Waals surface area (Å²) in [5.41, 5.74) is 2.91. The average Bonchev–Trinajstić information content (AvgIpc) is 2.68. The van der Waals surface area contributed by atoms with Gasteiger partial charge in [-0.2, -0.15) is 0 Å². The zero-order valence-electron chi connectivity index (χ0n) is 14.1. The third kappa shape index (κ3) is 5.78. The molecule has 0 aliphatic heterocycles. The number of carbonyl (C=O) groups excluding carboxylic acids is 1. The Morgan fingerprint density at radius 1 is 1.04 bits per heavy atom. The fraction of sp³-hybridized carbons (Fsp3) is 0. The van der Waals surface area contributed by atoms with E-state index >= 15 is 0 Å². The van der Waals surface area contributed by atoms with Gasteiger partial charge in [0.2, 0.25) is 5.91 Å². The van der Waals surface area contributed by atoms with Crippen LogP contribution in [-0.2, 0) is 4.79 Å². The van der Waals surface area contributed by atoms with E-state index in [0.29, 0.717) is 0 Å². The molecule has 2 aromatic carbocycles. The molecule has 0 fully saturated rings. The molecule has 1 aromatic heterocycles. The van der Waals surface area contributed by atoms with Gasteiger partial charge in [0.25, 0.3) is 0 Å². The Kier molecular flexibility index (Phi) is 7.96. The van der Waals surface area contributed by atoms with Gasteiger partial charge in [0.15, 0.2) is 0 Å². The Hall–Kier alpha value is -2.44. The second-order valence-corrected chi connectivity index (χ2v) is 6.12. The Morgan fingerprint density at radius 3 is 2.54 bits per heavy atom. The second-order valence-electron chi connectivity index (χ2n) is 5.68. The topological polar surface area (TPSA) is 79.3 Å². The predicted molar refractivity (Wildman–Crippen MR) is 113 cm³/mol. The van der Waals surface area contributed by atoms with Crippen LogP contribution >= 0.6 is 11.6 Å². The summed E-state index contributed by atoms with van der Waals surface area (Å²) in [5.74, 6) is -1.60. The van der Waals surface area contributed by atoms with E-state index in [2.05, 4.69) is 10.3 Å². The minimum absolute atomic E-state index is 0. The molecule has 1 amide bonds. The number of pyridine rings is 1. The van der Waals surface area contributed by atoms with Crippen LogP contribution in [0, 0.1) is 0 Å². The Labute approximate surface area is 189 Å². The van der Waals surface area contributed by atoms with Gasteiger partial charge in [0.05, 0.1) is 11.3 Å². The molecule has 136 valence electrons. The first-order chi connectivity index (χ1) is 13.0. The molecule has 0 aliphatic rings. The quantitative estimate of drug-likeness (QED) is 0.497. The maximum atomic E-state index is 12.2. The van der Waals surface area contributed by atoms with E-state index in [-0.39, 0.29) is 45.8 Å². The van der Waals surface area contributed by atoms with Crippen LogP contribution in [0.5, 0.6) is 0 Å². The van der Waals surface area contributed by atoms with Crippen LogP contribution < -0.4 is 5.32 Å². The van der Waals surface area contributed by atoms with Crippen molar-refractivity contribution in [3.63, 3.8) is 0 Å². The number of nitrogens with zero attached hydrogens (tertiary/aromatic N) is 1. The summed E-state index contributed by atoms with van der Waals surface area (Å²) >= 11 is 5.81. The van der Waals surface area contributed by atoms with Crippen molar-refractivity contribution >= 4 is 64.8 Å². The number of rotatable bonds is 5. The van der Waals surface area contributed by atoms with Crippen LogP contribution in [0.2, 0.25) is 5.02 Å². The Bertz CT molecular complexity index is 1020. The molecule has 1 heterocycles. The van der Waals surface area contributed by atoms with Crippen molar-refractivity contribution in [2.24, 2.45) is 0 Å². The van der Waals surface area contributed by atoms with Crippen molar-refractivity contribution in [1.29, 1.82) is 0 Å². The molecule has 7 heteroatoms. The van der Waals surface area contributed by atoms with Crippen molar-refractivity contribution in [1.82, 2.24) is 4.98 Å². The van der Waals surface area contributed by atoms with Gasteiger partial charge in [0, 0.05) is 29.1 Å². The van der Waals surface area contributed by atoms with Gasteiger partial charge in [0.1, 0.15) is 0 Å². The molecule has 5 nitrogen and oxygen atoms in total. The summed E-state index contributed by atoms with van der Waals surface area (Å²) in [6.07, 6.45) is 6.48. The molecule has 0 saturated carbocycles. The molecule has 0 atom stereocenters. The van der Waals surface area contributed by atoms with Crippen molar-refractivity contribution < 1.29 is 14.7 Å². The zero-order valence-corrected chi connectivity index (χ0v) is 14.9. The first-order valence-electron chi connectivity index (χ1n) is 8.05. The van der Waals surface area contributed by atoms with Gasteiger partial charge in [-0.3, -0.25) is 9.78 Å². The van der Waals surface area contributed by atoms with Crippen LogP contribution in [0.3, 0.4) is 0 Å². The van der Waals surface area contributed by atoms with Crippen molar-refractivity contribution in [3.8, 4) is 11.1 Å². The van der Waals surface area contributed by atoms with E-state index in [1.54, 1.807) is 18.5 Å². The van der Waals surface area contributed by atoms with Crippen molar-refractivity contribution in [2.45, 2.75) is 0 Å². The standard InChI is InChI=1S/C21H15ClN2O3.Na.H/c22-17-7-8-19(18(12-17)21(26)27)24-20(25)9-6-14-3-1-4-15(11-14)16-5-2-10-23-13-16;;/h1-13H,(H,24,25)(H,26,27);;/b9-6+;;. The monoisotopic (exact) mass is 402 g/mol. The number of hydrogen-bond donors (Lipinski definition) is 2. The van der Waals surface area contributed by atoms with Crippen LogP contribution in [0.25, 0.3) is 17.2 Å². The number of carbonyl (C=O) groups is 2. The van der Waals surface area contributed by atoms with Gasteiger partial charge in [-0.05, 0) is 47.5 Å². The van der Waals surface area contributed by atoms with E-state index < -0.39 is 11.9 Å². The number of carboxylic acids is 1. The number of nitrogens with one attached hydrogen (secondary N) is 1. The number of anilines is 1. The van der Waals surface area contributed by atoms with Gasteiger partial charge in [-0.15, -0.1) is 0 Å². The van der Waals surface area contributed by atoms with Crippen LogP contribution in [0.1, 0.15) is 15.9 Å². The fourth-order valence-corrected chi connectivity index (χ4v) is 2.68. The molecule has 0 saturated heterocycles. The first kappa shape index (κ1) is 21.9. The first-order valence-corrected chi connectivity index (χ1v) is 8.43. The fourth-order valence-electron chi connectivity index (χ4n) is 2.50. The minimum atomic E-state index is -1.17. The third-order valence-electron chi connectivity index (χ3n) is 3.78. The number of carboxylic acid groups (broad SMARTS) is 1. The number of benzene rings is 2. The number of halogens is 1. The molecule has 0 bridgehead atoms. The zero-order chi connectivity index (χ0) is 19.2. The summed E-state index contributed by atoms with van der Waals surface area (Å²) in [6.45, 7) is 0. The molecule has 2 N–H and O–H groups in total. The van der Waals surface area contributed by atoms with Gasteiger partial charge in [-0.25, -0.2) is 4.79 Å². The SMILES string of the molecule is O=C(/C=C/c1cccc(-c2cccnc2)c1)Nc1ccc(Cl)cc1C(=O)O.[NaH]. The molecule has 3 rings (SSSR count). The molecule has 0 radical (unpaired) electrons. The summed E-state index contributed by atoms with van der Waals surface area (Å²) in [7, 11) is 0. The number of aromatic carboxylic acids is 1. The van der Waals surface area contributed by atoms with E-state index in [0.717, 1.165) is 16.7 Å². The Balaban J connectivity index is 0.00000280. The third-order valence-corrected chi connectivity index (χ3v) is 4.01. The average molecular weight is 403 g/mol. The van der Waals surface area contributed by atoms with Gasteiger partial charge >= 0.3 is 35.5 Å². The van der Waals surface area contributed by atoms with E-state index in [4.69, 9.17) is 11.6 Å². The molecule has 0 spiro atoms. The molecular weight excluding hydrogens is 387 g/mol. The normalized spacial score (nSPS) is 10.3. The van der Waals surface area contributed by atoms with E-state index in [1.807, 2.05) is 36.4 Å². The molecule has 3 aromatic rings. The number of aromatic nitrogens is 1. The second kappa shape index (κ2) is 10.2. The molecule has 28 heavy (non-hydrogen) atoms. The van der Waals surface area contributed by atoms with Crippen molar-refractivity contribution in [3.05, 3.63) is 89.2 Å². The maximum absolute atomic E-state index is 12.2. The predicted octanol–water partition coefficient (Wildman–Crippen LogP) is 4.10. The van der Waals surface area contributed by atoms with E-state index in [9.17, 15) is 14.7 Å². The number of hydrogen-bond acceptors (Lipinski definition) is 3.